The van der Waals surface area contributed by atoms with Gasteiger partial charge in [0.15, 0.2) is 0 Å². The van der Waals surface area contributed by atoms with Crippen molar-refractivity contribution in [1.29, 1.82) is 0 Å². The van der Waals surface area contributed by atoms with E-state index in [0.29, 0.717) is 18.0 Å². The second kappa shape index (κ2) is 9.92. The fourth-order valence-electron chi connectivity index (χ4n) is 2.03. The van der Waals surface area contributed by atoms with Gasteiger partial charge in [-0.05, 0) is 49.4 Å². The number of ether oxygens (including phenoxy) is 1. The molecule has 140 valence electrons. The van der Waals surface area contributed by atoms with Gasteiger partial charge in [0.2, 0.25) is 5.91 Å². The van der Waals surface area contributed by atoms with Crippen LogP contribution in [-0.4, -0.2) is 41.9 Å². The third-order valence-corrected chi connectivity index (χ3v) is 4.47. The zero-order valence-corrected chi connectivity index (χ0v) is 17.1. The van der Waals surface area contributed by atoms with Crippen LogP contribution in [-0.2, 0) is 27.0 Å². The lowest BCUT2D eigenvalue weighted by atomic mass is 10.2. The van der Waals surface area contributed by atoms with Crippen LogP contribution in [0, 0.1) is 0 Å². The minimum atomic E-state index is -0.621. The van der Waals surface area contributed by atoms with Crippen LogP contribution >= 0.6 is 11.6 Å². The Morgan fingerprint density at radius 3 is 2.52 bits per heavy atom. The van der Waals surface area contributed by atoms with Gasteiger partial charge >= 0.3 is 6.09 Å². The molecule has 0 spiro atoms. The van der Waals surface area contributed by atoms with Crippen LogP contribution in [0.15, 0.2) is 24.3 Å². The first-order chi connectivity index (χ1) is 11.6. The molecule has 0 aromatic heterocycles. The lowest BCUT2D eigenvalue weighted by Crippen LogP contribution is -2.48. The van der Waals surface area contributed by atoms with Crippen molar-refractivity contribution in [1.82, 2.24) is 10.6 Å². The fraction of sp³-hybridized carbons (Fsp3) is 0.556. The predicted molar refractivity (Wildman–Crippen MR) is 105 cm³/mol. The molecule has 0 fully saturated rings. The van der Waals surface area contributed by atoms with Crippen molar-refractivity contribution in [2.45, 2.75) is 45.4 Å². The van der Waals surface area contributed by atoms with E-state index in [4.69, 9.17) is 16.3 Å². The Bertz CT molecular complexity index is 588. The van der Waals surface area contributed by atoms with Gasteiger partial charge in [0.25, 0.3) is 0 Å². The number of alkyl carbamates (subject to hydrolysis) is 1. The maximum absolute atomic E-state index is 12.5. The molecule has 0 bridgehead atoms. The Morgan fingerprint density at radius 1 is 1.28 bits per heavy atom. The summed E-state index contributed by atoms with van der Waals surface area (Å²) >= 11 is 5.95. The number of amides is 2. The van der Waals surface area contributed by atoms with Crippen molar-refractivity contribution in [3.05, 3.63) is 34.9 Å². The fourth-order valence-corrected chi connectivity index (χ4v) is 2.95. The standard InChI is InChI=1S/C18H27ClN2O3S/c1-18(2,3)24-17(23)21-15(9-10-25(4)5)16(22)20-12-13-7-6-8-14(19)11-13/h6-8,11,15H,9-10,12H2,1-5H3,(H-,20,21,22,23)/p+1/t15-/m0/s1. The molecule has 0 saturated carbocycles. The lowest BCUT2D eigenvalue weighted by molar-refractivity contribution is -0.123. The van der Waals surface area contributed by atoms with E-state index in [-0.39, 0.29) is 16.8 Å². The zero-order chi connectivity index (χ0) is 19.0. The number of hydrogen-bond acceptors (Lipinski definition) is 3. The maximum Gasteiger partial charge on any atom is 0.408 e. The molecule has 7 heteroatoms. The molecule has 1 aromatic carbocycles. The van der Waals surface area contributed by atoms with Crippen molar-refractivity contribution in [2.24, 2.45) is 0 Å². The summed E-state index contributed by atoms with van der Waals surface area (Å²) in [6.07, 6.45) is 4.20. The summed E-state index contributed by atoms with van der Waals surface area (Å²) in [7, 11) is 0.181. The van der Waals surface area contributed by atoms with Crippen LogP contribution in [0.25, 0.3) is 0 Å². The van der Waals surface area contributed by atoms with Crippen LogP contribution in [0.4, 0.5) is 4.79 Å². The summed E-state index contributed by atoms with van der Waals surface area (Å²) in [5, 5.41) is 6.16. The van der Waals surface area contributed by atoms with Gasteiger partial charge in [0.1, 0.15) is 17.4 Å². The molecule has 2 N–H and O–H groups in total. The molecule has 0 aliphatic carbocycles. The van der Waals surface area contributed by atoms with E-state index in [1.54, 1.807) is 32.9 Å². The summed E-state index contributed by atoms with van der Waals surface area (Å²) in [6.45, 7) is 5.72. The molecule has 1 aromatic rings. The highest BCUT2D eigenvalue weighted by Crippen LogP contribution is 2.11. The molecule has 1 atom stereocenters. The number of carbonyl (C=O) groups excluding carboxylic acids is 2. The van der Waals surface area contributed by atoms with E-state index in [2.05, 4.69) is 23.1 Å². The predicted octanol–water partition coefficient (Wildman–Crippen LogP) is 3.12. The zero-order valence-electron chi connectivity index (χ0n) is 15.5. The Morgan fingerprint density at radius 2 is 1.96 bits per heavy atom. The topological polar surface area (TPSA) is 67.4 Å². The maximum atomic E-state index is 12.5. The number of hydrogen-bond donors (Lipinski definition) is 2. The van der Waals surface area contributed by atoms with Crippen LogP contribution < -0.4 is 10.6 Å². The van der Waals surface area contributed by atoms with Crippen molar-refractivity contribution < 1.29 is 14.3 Å². The second-order valence-corrected chi connectivity index (χ2v) is 9.84. The van der Waals surface area contributed by atoms with Crippen LogP contribution in [0.2, 0.25) is 5.02 Å². The van der Waals surface area contributed by atoms with Gasteiger partial charge in [0, 0.05) is 18.0 Å². The number of nitrogens with one attached hydrogen (secondary N) is 2. The Hall–Kier alpha value is -1.40. The summed E-state index contributed by atoms with van der Waals surface area (Å²) in [5.74, 6) is 0.627. The van der Waals surface area contributed by atoms with Crippen molar-refractivity contribution in [3.8, 4) is 0 Å². The summed E-state index contributed by atoms with van der Waals surface area (Å²) < 4.78 is 5.26. The molecule has 0 saturated heterocycles. The molecule has 0 aliphatic heterocycles. The molecule has 1 rings (SSSR count). The molecule has 2 amide bonds. The average Bonchev–Trinajstić information content (AvgIpc) is 2.47. The van der Waals surface area contributed by atoms with Crippen LogP contribution in [0.5, 0.6) is 0 Å². The highest BCUT2D eigenvalue weighted by Gasteiger charge is 2.25. The number of rotatable bonds is 7. The monoisotopic (exact) mass is 387 g/mol. The molecule has 0 aliphatic rings. The average molecular weight is 388 g/mol. The van der Waals surface area contributed by atoms with E-state index in [1.165, 1.54) is 0 Å². The van der Waals surface area contributed by atoms with Crippen molar-refractivity contribution in [3.63, 3.8) is 0 Å². The Balaban J connectivity index is 2.66. The summed E-state index contributed by atoms with van der Waals surface area (Å²) in [5.41, 5.74) is 0.300. The van der Waals surface area contributed by atoms with Gasteiger partial charge in [-0.2, -0.15) is 0 Å². The molecular formula is C18H28ClN2O3S+. The quantitative estimate of drug-likeness (QED) is 0.706. The first-order valence-electron chi connectivity index (χ1n) is 8.12. The molecule has 0 heterocycles. The van der Waals surface area contributed by atoms with Crippen LogP contribution in [0.1, 0.15) is 32.8 Å². The SMILES string of the molecule is C[S+](C)CC[C@H](NC(=O)OC(C)(C)C)C(=O)NCc1cccc(Cl)c1. The number of benzene rings is 1. The van der Waals surface area contributed by atoms with Gasteiger partial charge < -0.3 is 15.4 Å². The van der Waals surface area contributed by atoms with E-state index >= 15 is 0 Å². The highest BCUT2D eigenvalue weighted by atomic mass is 35.5. The first kappa shape index (κ1) is 21.6. The minimum Gasteiger partial charge on any atom is -0.444 e. The number of carbonyl (C=O) groups is 2. The van der Waals surface area contributed by atoms with E-state index in [9.17, 15) is 9.59 Å². The smallest absolute Gasteiger partial charge is 0.408 e. The lowest BCUT2D eigenvalue weighted by Gasteiger charge is -2.23. The molecule has 5 nitrogen and oxygen atoms in total. The highest BCUT2D eigenvalue weighted by molar-refractivity contribution is 7.95. The van der Waals surface area contributed by atoms with E-state index in [1.807, 2.05) is 12.1 Å². The minimum absolute atomic E-state index is 0.181. The first-order valence-corrected chi connectivity index (χ1v) is 10.7. The van der Waals surface area contributed by atoms with Gasteiger partial charge in [-0.25, -0.2) is 4.79 Å². The van der Waals surface area contributed by atoms with Gasteiger partial charge in [-0.15, -0.1) is 0 Å². The van der Waals surface area contributed by atoms with E-state index in [0.717, 1.165) is 11.3 Å². The van der Waals surface area contributed by atoms with Gasteiger partial charge in [-0.1, -0.05) is 23.7 Å². The van der Waals surface area contributed by atoms with Gasteiger partial charge in [0.05, 0.1) is 12.5 Å². The normalized spacial score (nSPS) is 12.6. The molecule has 0 unspecified atom stereocenters. The van der Waals surface area contributed by atoms with Gasteiger partial charge in [-0.3, -0.25) is 4.79 Å². The summed E-state index contributed by atoms with van der Waals surface area (Å²) in [4.78, 5) is 24.5. The molecular weight excluding hydrogens is 360 g/mol. The number of halogens is 1. The largest absolute Gasteiger partial charge is 0.444 e. The second-order valence-electron chi connectivity index (χ2n) is 7.02. The third-order valence-electron chi connectivity index (χ3n) is 3.18. The molecule has 0 radical (unpaired) electrons. The van der Waals surface area contributed by atoms with Crippen molar-refractivity contribution >= 4 is 34.5 Å². The third kappa shape index (κ3) is 9.60. The van der Waals surface area contributed by atoms with Crippen molar-refractivity contribution in [2.75, 3.05) is 18.3 Å². The Labute approximate surface area is 158 Å². The summed E-state index contributed by atoms with van der Waals surface area (Å²) in [6, 6.07) is 6.68. The van der Waals surface area contributed by atoms with Crippen LogP contribution in [0.3, 0.4) is 0 Å². The Kier molecular flexibility index (Phi) is 8.59. The molecule has 25 heavy (non-hydrogen) atoms. The van der Waals surface area contributed by atoms with E-state index < -0.39 is 17.7 Å².